The van der Waals surface area contributed by atoms with E-state index in [1.54, 1.807) is 0 Å². The number of likely N-dealkylation sites (N-methyl/N-ethyl adjacent to an activating group) is 1. The summed E-state index contributed by atoms with van der Waals surface area (Å²) < 4.78 is 5.26. The molecule has 1 N–H and O–H groups in total. The molecule has 1 saturated carbocycles. The van der Waals surface area contributed by atoms with Crippen LogP contribution in [-0.4, -0.2) is 23.7 Å². The van der Waals surface area contributed by atoms with Crippen molar-refractivity contribution in [3.8, 4) is 0 Å². The molecule has 0 unspecified atom stereocenters. The molecule has 0 saturated heterocycles. The van der Waals surface area contributed by atoms with Crippen LogP contribution in [0, 0.1) is 5.92 Å². The van der Waals surface area contributed by atoms with Crippen LogP contribution in [0.4, 0.5) is 0 Å². The highest BCUT2D eigenvalue weighted by atomic mass is 16.5. The number of nitrogens with zero attached hydrogens (tertiary/aromatic N) is 2. The molecule has 4 nitrogen and oxygen atoms in total. The molecular weight excluding hydrogens is 214 g/mol. The lowest BCUT2D eigenvalue weighted by atomic mass is 9.86. The summed E-state index contributed by atoms with van der Waals surface area (Å²) in [4.78, 5) is 4.41. The zero-order valence-electron chi connectivity index (χ0n) is 10.7. The van der Waals surface area contributed by atoms with Gasteiger partial charge < -0.3 is 9.84 Å². The van der Waals surface area contributed by atoms with Crippen LogP contribution in [0.5, 0.6) is 0 Å². The zero-order chi connectivity index (χ0) is 11.9. The van der Waals surface area contributed by atoms with Crippen LogP contribution >= 0.6 is 0 Å². The smallest absolute Gasteiger partial charge is 0.226 e. The van der Waals surface area contributed by atoms with Crippen molar-refractivity contribution in [3.05, 3.63) is 11.7 Å². The molecule has 0 bridgehead atoms. The topological polar surface area (TPSA) is 51.0 Å². The quantitative estimate of drug-likeness (QED) is 0.825. The maximum Gasteiger partial charge on any atom is 0.226 e. The molecule has 0 amide bonds. The van der Waals surface area contributed by atoms with E-state index in [1.165, 1.54) is 38.5 Å². The molecule has 1 heterocycles. The van der Waals surface area contributed by atoms with Crippen molar-refractivity contribution in [1.82, 2.24) is 15.5 Å². The first kappa shape index (κ1) is 12.6. The van der Waals surface area contributed by atoms with Gasteiger partial charge in [-0.15, -0.1) is 0 Å². The van der Waals surface area contributed by atoms with Gasteiger partial charge in [-0.05, 0) is 19.4 Å². The van der Waals surface area contributed by atoms with Crippen molar-refractivity contribution in [2.45, 2.75) is 51.4 Å². The van der Waals surface area contributed by atoms with E-state index in [2.05, 4.69) is 15.5 Å². The molecular formula is C13H23N3O. The summed E-state index contributed by atoms with van der Waals surface area (Å²) in [6.07, 6.45) is 10.0. The molecule has 17 heavy (non-hydrogen) atoms. The van der Waals surface area contributed by atoms with Gasteiger partial charge in [0.15, 0.2) is 5.82 Å². The standard InChI is InChI=1S/C13H23N3O/c1-14-10-9-12-15-13(17-16-12)8-7-11-5-3-2-4-6-11/h11,14H,2-10H2,1H3. The first-order valence-corrected chi connectivity index (χ1v) is 6.84. The number of hydrogen-bond donors (Lipinski definition) is 1. The van der Waals surface area contributed by atoms with Gasteiger partial charge in [-0.3, -0.25) is 0 Å². The Morgan fingerprint density at radius 1 is 1.24 bits per heavy atom. The van der Waals surface area contributed by atoms with Crippen molar-refractivity contribution in [2.75, 3.05) is 13.6 Å². The number of aryl methyl sites for hydroxylation is 1. The number of rotatable bonds is 6. The number of hydrogen-bond acceptors (Lipinski definition) is 4. The Morgan fingerprint density at radius 2 is 2.06 bits per heavy atom. The van der Waals surface area contributed by atoms with Crippen LogP contribution in [0.2, 0.25) is 0 Å². The van der Waals surface area contributed by atoms with Gasteiger partial charge in [-0.2, -0.15) is 4.98 Å². The maximum atomic E-state index is 5.26. The second-order valence-corrected chi connectivity index (χ2v) is 5.00. The summed E-state index contributed by atoms with van der Waals surface area (Å²) in [5.41, 5.74) is 0. The Morgan fingerprint density at radius 3 is 2.82 bits per heavy atom. The van der Waals surface area contributed by atoms with Crippen molar-refractivity contribution >= 4 is 0 Å². The first-order chi connectivity index (χ1) is 8.38. The van der Waals surface area contributed by atoms with E-state index in [-0.39, 0.29) is 0 Å². The molecule has 1 aromatic heterocycles. The third-order valence-electron chi connectivity index (χ3n) is 3.60. The molecule has 0 aromatic carbocycles. The second kappa shape index (κ2) is 6.74. The van der Waals surface area contributed by atoms with Gasteiger partial charge in [0, 0.05) is 19.4 Å². The fraction of sp³-hybridized carbons (Fsp3) is 0.846. The van der Waals surface area contributed by atoms with Crippen LogP contribution in [-0.2, 0) is 12.8 Å². The molecule has 96 valence electrons. The lowest BCUT2D eigenvalue weighted by molar-refractivity contribution is 0.314. The van der Waals surface area contributed by atoms with Gasteiger partial charge in [0.1, 0.15) is 0 Å². The Labute approximate surface area is 103 Å². The molecule has 4 heteroatoms. The van der Waals surface area contributed by atoms with Crippen LogP contribution in [0.3, 0.4) is 0 Å². The zero-order valence-corrected chi connectivity index (χ0v) is 10.7. The van der Waals surface area contributed by atoms with E-state index < -0.39 is 0 Å². The van der Waals surface area contributed by atoms with Crippen molar-refractivity contribution in [2.24, 2.45) is 5.92 Å². The molecule has 1 fully saturated rings. The van der Waals surface area contributed by atoms with E-state index in [4.69, 9.17) is 4.52 Å². The first-order valence-electron chi connectivity index (χ1n) is 6.84. The van der Waals surface area contributed by atoms with Gasteiger partial charge in [-0.25, -0.2) is 0 Å². The molecule has 0 atom stereocenters. The van der Waals surface area contributed by atoms with E-state index in [0.717, 1.165) is 37.0 Å². The average molecular weight is 237 g/mol. The monoisotopic (exact) mass is 237 g/mol. The normalized spacial score (nSPS) is 17.5. The van der Waals surface area contributed by atoms with Crippen molar-refractivity contribution in [1.29, 1.82) is 0 Å². The molecule has 1 aromatic rings. The molecule has 0 spiro atoms. The highest BCUT2D eigenvalue weighted by Gasteiger charge is 2.15. The van der Waals surface area contributed by atoms with Gasteiger partial charge in [0.2, 0.25) is 5.89 Å². The molecule has 1 aliphatic rings. The fourth-order valence-electron chi connectivity index (χ4n) is 2.53. The van der Waals surface area contributed by atoms with Gasteiger partial charge in [-0.1, -0.05) is 37.3 Å². The highest BCUT2D eigenvalue weighted by molar-refractivity contribution is 4.87. The average Bonchev–Trinajstić information content (AvgIpc) is 2.83. The molecule has 0 radical (unpaired) electrons. The lowest BCUT2D eigenvalue weighted by Crippen LogP contribution is -2.11. The predicted octanol–water partition coefficient (Wildman–Crippen LogP) is 2.34. The maximum absolute atomic E-state index is 5.26. The summed E-state index contributed by atoms with van der Waals surface area (Å²) in [6, 6.07) is 0. The highest BCUT2D eigenvalue weighted by Crippen LogP contribution is 2.27. The van der Waals surface area contributed by atoms with Crippen molar-refractivity contribution in [3.63, 3.8) is 0 Å². The number of aromatic nitrogens is 2. The summed E-state index contributed by atoms with van der Waals surface area (Å²) >= 11 is 0. The van der Waals surface area contributed by atoms with E-state index in [1.807, 2.05) is 7.05 Å². The Balaban J connectivity index is 1.72. The van der Waals surface area contributed by atoms with Crippen LogP contribution < -0.4 is 5.32 Å². The Bertz CT molecular complexity index is 318. The summed E-state index contributed by atoms with van der Waals surface area (Å²) in [5.74, 6) is 2.54. The van der Waals surface area contributed by atoms with Crippen molar-refractivity contribution < 1.29 is 4.52 Å². The van der Waals surface area contributed by atoms with Gasteiger partial charge in [0.25, 0.3) is 0 Å². The van der Waals surface area contributed by atoms with Gasteiger partial charge >= 0.3 is 0 Å². The summed E-state index contributed by atoms with van der Waals surface area (Å²) in [6.45, 7) is 0.904. The molecule has 2 rings (SSSR count). The number of nitrogens with one attached hydrogen (secondary N) is 1. The summed E-state index contributed by atoms with van der Waals surface area (Å²) in [5, 5.41) is 7.08. The summed E-state index contributed by atoms with van der Waals surface area (Å²) in [7, 11) is 1.93. The minimum atomic E-state index is 0.821. The molecule has 0 aliphatic heterocycles. The van der Waals surface area contributed by atoms with Crippen LogP contribution in [0.15, 0.2) is 4.52 Å². The van der Waals surface area contributed by atoms with Gasteiger partial charge in [0.05, 0.1) is 0 Å². The minimum absolute atomic E-state index is 0.821. The molecule has 1 aliphatic carbocycles. The largest absolute Gasteiger partial charge is 0.339 e. The minimum Gasteiger partial charge on any atom is -0.339 e. The Hall–Kier alpha value is -0.900. The Kier molecular flexibility index (Phi) is 4.98. The second-order valence-electron chi connectivity index (χ2n) is 5.00. The SMILES string of the molecule is CNCCc1noc(CCC2CCCCC2)n1. The van der Waals surface area contributed by atoms with Crippen LogP contribution in [0.25, 0.3) is 0 Å². The van der Waals surface area contributed by atoms with E-state index in [9.17, 15) is 0 Å². The predicted molar refractivity (Wildman–Crippen MR) is 66.8 cm³/mol. The fourth-order valence-corrected chi connectivity index (χ4v) is 2.53. The lowest BCUT2D eigenvalue weighted by Gasteiger charge is -2.20. The third kappa shape index (κ3) is 4.11. The van der Waals surface area contributed by atoms with Crippen LogP contribution in [0.1, 0.15) is 50.2 Å². The third-order valence-corrected chi connectivity index (χ3v) is 3.60. The van der Waals surface area contributed by atoms with E-state index in [0.29, 0.717) is 0 Å². The van der Waals surface area contributed by atoms with E-state index >= 15 is 0 Å².